The van der Waals surface area contributed by atoms with Crippen LogP contribution in [0.1, 0.15) is 40.6 Å². The van der Waals surface area contributed by atoms with Crippen molar-refractivity contribution in [1.82, 2.24) is 0 Å². The number of halogens is 1. The Bertz CT molecular complexity index is 745. The third-order valence-corrected chi connectivity index (χ3v) is 5.18. The second-order valence-corrected chi connectivity index (χ2v) is 6.52. The fourth-order valence-corrected chi connectivity index (χ4v) is 4.04. The predicted octanol–water partition coefficient (Wildman–Crippen LogP) is 5.27. The fourth-order valence-electron chi connectivity index (χ4n) is 4.04. The van der Waals surface area contributed by atoms with Crippen molar-refractivity contribution in [3.8, 4) is 0 Å². The van der Waals surface area contributed by atoms with Crippen molar-refractivity contribution in [3.05, 3.63) is 76.6 Å². The van der Waals surface area contributed by atoms with Gasteiger partial charge >= 0.3 is 0 Å². The molecular weight excluding hydrogens is 273 g/mol. The molecule has 3 atom stereocenters. The molecular formula is C20H20FN. The molecule has 2 aromatic rings. The van der Waals surface area contributed by atoms with Crippen molar-refractivity contribution < 1.29 is 4.39 Å². The Hall–Kier alpha value is -2.09. The first-order valence-corrected chi connectivity index (χ1v) is 7.94. The Morgan fingerprint density at radius 3 is 2.50 bits per heavy atom. The van der Waals surface area contributed by atoms with Gasteiger partial charge in [0.25, 0.3) is 0 Å². The van der Waals surface area contributed by atoms with Crippen molar-refractivity contribution in [1.29, 1.82) is 0 Å². The van der Waals surface area contributed by atoms with Gasteiger partial charge < -0.3 is 5.32 Å². The topological polar surface area (TPSA) is 12.0 Å². The summed E-state index contributed by atoms with van der Waals surface area (Å²) in [5.74, 6) is 0.803. The summed E-state index contributed by atoms with van der Waals surface area (Å²) in [5.41, 5.74) is 6.52. The van der Waals surface area contributed by atoms with E-state index in [9.17, 15) is 4.39 Å². The zero-order chi connectivity index (χ0) is 15.3. The van der Waals surface area contributed by atoms with Gasteiger partial charge in [-0.25, -0.2) is 4.39 Å². The molecule has 0 amide bonds. The summed E-state index contributed by atoms with van der Waals surface area (Å²) in [5, 5.41) is 3.75. The van der Waals surface area contributed by atoms with Gasteiger partial charge in [0.1, 0.15) is 5.82 Å². The van der Waals surface area contributed by atoms with Gasteiger partial charge in [0, 0.05) is 11.6 Å². The average Bonchev–Trinajstić information content (AvgIpc) is 3.00. The van der Waals surface area contributed by atoms with Crippen molar-refractivity contribution in [2.24, 2.45) is 5.92 Å². The normalized spacial score (nSPS) is 25.5. The Kier molecular flexibility index (Phi) is 3.07. The molecule has 1 N–H and O–H groups in total. The summed E-state index contributed by atoms with van der Waals surface area (Å²) in [6.45, 7) is 4.35. The summed E-state index contributed by atoms with van der Waals surface area (Å²) in [4.78, 5) is 0. The smallest absolute Gasteiger partial charge is 0.123 e. The zero-order valence-electron chi connectivity index (χ0n) is 12.9. The maximum absolute atomic E-state index is 13.2. The molecule has 112 valence electrons. The molecule has 22 heavy (non-hydrogen) atoms. The van der Waals surface area contributed by atoms with Gasteiger partial charge in [-0.2, -0.15) is 0 Å². The van der Waals surface area contributed by atoms with E-state index < -0.39 is 0 Å². The Labute approximate surface area is 130 Å². The Morgan fingerprint density at radius 2 is 1.73 bits per heavy atom. The maximum Gasteiger partial charge on any atom is 0.123 e. The van der Waals surface area contributed by atoms with Crippen molar-refractivity contribution >= 4 is 5.69 Å². The van der Waals surface area contributed by atoms with Crippen LogP contribution in [0.5, 0.6) is 0 Å². The number of anilines is 1. The Balaban J connectivity index is 1.84. The number of hydrogen-bond acceptors (Lipinski definition) is 1. The lowest BCUT2D eigenvalue weighted by atomic mass is 9.75. The summed E-state index contributed by atoms with van der Waals surface area (Å²) in [6.07, 6.45) is 5.73. The molecule has 4 rings (SSSR count). The van der Waals surface area contributed by atoms with Crippen LogP contribution in [0.15, 0.2) is 48.6 Å². The molecule has 1 aliphatic heterocycles. The highest BCUT2D eigenvalue weighted by Gasteiger charge is 2.39. The fraction of sp³-hybridized carbons (Fsp3) is 0.300. The van der Waals surface area contributed by atoms with Crippen LogP contribution >= 0.6 is 0 Å². The number of rotatable bonds is 1. The molecule has 1 nitrogen and oxygen atoms in total. The van der Waals surface area contributed by atoms with Crippen molar-refractivity contribution in [3.63, 3.8) is 0 Å². The molecule has 1 heterocycles. The first kappa shape index (κ1) is 13.6. The summed E-state index contributed by atoms with van der Waals surface area (Å²) in [6, 6.07) is 11.6. The number of benzene rings is 2. The molecule has 2 aliphatic rings. The predicted molar refractivity (Wildman–Crippen MR) is 88.7 cm³/mol. The molecule has 0 aromatic heterocycles. The van der Waals surface area contributed by atoms with Gasteiger partial charge in [-0.3, -0.25) is 0 Å². The number of aryl methyl sites for hydroxylation is 2. The van der Waals surface area contributed by atoms with E-state index in [0.717, 1.165) is 6.42 Å². The minimum Gasteiger partial charge on any atom is -0.377 e. The number of hydrogen-bond donors (Lipinski definition) is 1. The lowest BCUT2D eigenvalue weighted by Crippen LogP contribution is -2.30. The first-order valence-electron chi connectivity index (χ1n) is 7.94. The van der Waals surface area contributed by atoms with E-state index in [-0.39, 0.29) is 11.9 Å². The Morgan fingerprint density at radius 1 is 1.00 bits per heavy atom. The molecule has 0 bridgehead atoms. The monoisotopic (exact) mass is 293 g/mol. The highest BCUT2D eigenvalue weighted by atomic mass is 19.1. The van der Waals surface area contributed by atoms with E-state index in [1.54, 1.807) is 12.1 Å². The van der Waals surface area contributed by atoms with E-state index in [2.05, 4.69) is 43.4 Å². The van der Waals surface area contributed by atoms with Crippen LogP contribution in [0.4, 0.5) is 10.1 Å². The number of nitrogens with one attached hydrogen (secondary N) is 1. The summed E-state index contributed by atoms with van der Waals surface area (Å²) in [7, 11) is 0. The largest absolute Gasteiger partial charge is 0.377 e. The average molecular weight is 293 g/mol. The molecule has 0 saturated heterocycles. The van der Waals surface area contributed by atoms with Crippen molar-refractivity contribution in [2.75, 3.05) is 5.32 Å². The molecule has 0 unspecified atom stereocenters. The summed E-state index contributed by atoms with van der Waals surface area (Å²) >= 11 is 0. The lowest BCUT2D eigenvalue weighted by molar-refractivity contribution is 0.423. The quantitative estimate of drug-likeness (QED) is 0.706. The van der Waals surface area contributed by atoms with Crippen LogP contribution in [0.25, 0.3) is 0 Å². The zero-order valence-corrected chi connectivity index (χ0v) is 12.9. The van der Waals surface area contributed by atoms with Gasteiger partial charge in [0.15, 0.2) is 0 Å². The van der Waals surface area contributed by atoms with Crippen LogP contribution in [-0.2, 0) is 0 Å². The number of allylic oxidation sites excluding steroid dienone is 2. The van der Waals surface area contributed by atoms with Gasteiger partial charge in [-0.05, 0) is 60.6 Å². The molecule has 2 heteroatoms. The van der Waals surface area contributed by atoms with Gasteiger partial charge in [0.05, 0.1) is 6.04 Å². The van der Waals surface area contributed by atoms with Crippen LogP contribution in [-0.4, -0.2) is 0 Å². The van der Waals surface area contributed by atoms with Gasteiger partial charge in [0.2, 0.25) is 0 Å². The van der Waals surface area contributed by atoms with Crippen LogP contribution in [0, 0.1) is 25.6 Å². The minimum absolute atomic E-state index is 0.173. The van der Waals surface area contributed by atoms with E-state index in [1.165, 1.54) is 27.9 Å². The third kappa shape index (κ3) is 1.98. The summed E-state index contributed by atoms with van der Waals surface area (Å²) < 4.78 is 13.2. The standard InChI is InChI=1S/C20H20FN/c1-12-6-7-13(2)19-18(12)16-4-3-5-17(16)20(22-19)14-8-10-15(21)11-9-14/h3-4,6-11,16-17,20,22H,5H2,1-2H3/t16-,17-,20+/m0/s1. The molecule has 0 fully saturated rings. The first-order chi connectivity index (χ1) is 10.6. The van der Waals surface area contributed by atoms with Gasteiger partial charge in [-0.15, -0.1) is 0 Å². The maximum atomic E-state index is 13.2. The van der Waals surface area contributed by atoms with E-state index >= 15 is 0 Å². The minimum atomic E-state index is -0.173. The van der Waals surface area contributed by atoms with Gasteiger partial charge in [-0.1, -0.05) is 36.4 Å². The van der Waals surface area contributed by atoms with E-state index in [1.807, 2.05) is 12.1 Å². The number of fused-ring (bicyclic) bond motifs is 3. The molecule has 2 aromatic carbocycles. The van der Waals surface area contributed by atoms with Crippen LogP contribution in [0.3, 0.4) is 0 Å². The highest BCUT2D eigenvalue weighted by molar-refractivity contribution is 5.66. The molecule has 0 spiro atoms. The lowest BCUT2D eigenvalue weighted by Gasteiger charge is -2.39. The SMILES string of the molecule is Cc1ccc(C)c2c1N[C@H](c1ccc(F)cc1)[C@H]1CC=C[C@H]21. The van der Waals surface area contributed by atoms with Crippen LogP contribution < -0.4 is 5.32 Å². The molecule has 0 saturated carbocycles. The van der Waals surface area contributed by atoms with E-state index in [4.69, 9.17) is 0 Å². The second kappa shape index (κ2) is 4.98. The molecule has 0 radical (unpaired) electrons. The third-order valence-electron chi connectivity index (χ3n) is 5.18. The highest BCUT2D eigenvalue weighted by Crippen LogP contribution is 2.51. The second-order valence-electron chi connectivity index (χ2n) is 6.52. The van der Waals surface area contributed by atoms with E-state index in [0.29, 0.717) is 11.8 Å². The molecule has 1 aliphatic carbocycles. The van der Waals surface area contributed by atoms with Crippen molar-refractivity contribution in [2.45, 2.75) is 32.2 Å². The van der Waals surface area contributed by atoms with Crippen LogP contribution in [0.2, 0.25) is 0 Å².